The fraction of sp³-hybridized carbons (Fsp3) is 0.500. The van der Waals surface area contributed by atoms with Gasteiger partial charge in [-0.1, -0.05) is 19.9 Å². The van der Waals surface area contributed by atoms with Crippen molar-refractivity contribution in [2.75, 3.05) is 0 Å². The van der Waals surface area contributed by atoms with Gasteiger partial charge in [-0.15, -0.1) is 40.6 Å². The van der Waals surface area contributed by atoms with Gasteiger partial charge in [-0.05, 0) is 56.3 Å². The molecule has 2 nitrogen and oxygen atoms in total. The smallest absolute Gasteiger partial charge is 1.00 e. The first-order valence-corrected chi connectivity index (χ1v) is 9.34. The Bertz CT molecular complexity index is 757. The van der Waals surface area contributed by atoms with Crippen molar-refractivity contribution in [3.05, 3.63) is 62.0 Å². The Kier molecular flexibility index (Phi) is 15.4. The molecule has 30 heavy (non-hydrogen) atoms. The van der Waals surface area contributed by atoms with Gasteiger partial charge in [-0.3, -0.25) is 0 Å². The largest absolute Gasteiger partial charge is 2.00 e. The molecule has 4 fully saturated rings. The van der Waals surface area contributed by atoms with Crippen molar-refractivity contribution in [3.63, 3.8) is 0 Å². The van der Waals surface area contributed by atoms with Gasteiger partial charge in [0.05, 0.1) is 5.91 Å². The van der Waals surface area contributed by atoms with Crippen molar-refractivity contribution in [1.29, 1.82) is 0 Å². The second kappa shape index (κ2) is 13.4. The molecule has 0 aromatic heterocycles. The van der Waals surface area contributed by atoms with Crippen LogP contribution in [0.15, 0.2) is 30.3 Å². The van der Waals surface area contributed by atoms with Gasteiger partial charge in [0.25, 0.3) is 0 Å². The zero-order chi connectivity index (χ0) is 16.9. The number of benzene rings is 1. The van der Waals surface area contributed by atoms with E-state index in [-0.39, 0.29) is 83.7 Å². The molecule has 0 atom stereocenters. The first kappa shape index (κ1) is 34.4. The van der Waals surface area contributed by atoms with Gasteiger partial charge in [-0.2, -0.15) is 5.56 Å². The molecule has 2 aromatic carbocycles. The summed E-state index contributed by atoms with van der Waals surface area (Å²) in [6.07, 6.45) is 7.19. The third kappa shape index (κ3) is 6.42. The van der Waals surface area contributed by atoms with Crippen LogP contribution in [0.3, 0.4) is 0 Å². The van der Waals surface area contributed by atoms with E-state index in [0.717, 1.165) is 37.0 Å². The van der Waals surface area contributed by atoms with Gasteiger partial charge in [0, 0.05) is 16.4 Å². The maximum atomic E-state index is 11.4. The second-order valence-electron chi connectivity index (χ2n) is 8.57. The number of halogens is 2. The summed E-state index contributed by atoms with van der Waals surface area (Å²) in [6, 6.07) is 10.8. The van der Waals surface area contributed by atoms with Crippen LogP contribution in [0.25, 0.3) is 16.5 Å². The summed E-state index contributed by atoms with van der Waals surface area (Å²) >= 11 is 0. The van der Waals surface area contributed by atoms with Crippen molar-refractivity contribution < 1.29 is 51.3 Å². The molecule has 0 unspecified atom stereocenters. The average Bonchev–Trinajstić information content (AvgIpc) is 2.82. The second-order valence-corrected chi connectivity index (χ2v) is 8.57. The first-order chi connectivity index (χ1) is 11.5. The molecule has 0 heterocycles. The van der Waals surface area contributed by atoms with Crippen molar-refractivity contribution in [2.24, 2.45) is 23.2 Å². The zero-order valence-electron chi connectivity index (χ0n) is 18.5. The minimum atomic E-state index is -0.258. The molecule has 1 amide bonds. The third-order valence-corrected chi connectivity index (χ3v) is 6.85. The number of aryl methyl sites for hydroxylation is 2. The molecule has 166 valence electrons. The zero-order valence-corrected chi connectivity index (χ0v) is 22.6. The van der Waals surface area contributed by atoms with E-state index in [9.17, 15) is 4.79 Å². The van der Waals surface area contributed by atoms with Crippen LogP contribution in [0.4, 0.5) is 0 Å². The van der Waals surface area contributed by atoms with Gasteiger partial charge in [-0.25, -0.2) is 0 Å². The molecule has 6 heteroatoms. The van der Waals surface area contributed by atoms with E-state index in [2.05, 4.69) is 44.2 Å². The number of rotatable bonds is 1. The predicted octanol–water partition coefficient (Wildman–Crippen LogP) is 0.482. The monoisotopic (exact) mass is 497 g/mol. The van der Waals surface area contributed by atoms with E-state index in [1.54, 1.807) is 0 Å². The van der Waals surface area contributed by atoms with E-state index in [1.807, 2.05) is 0 Å². The summed E-state index contributed by atoms with van der Waals surface area (Å²) in [6.45, 7) is 4.34. The Hall–Kier alpha value is -0.189. The van der Waals surface area contributed by atoms with Crippen LogP contribution in [0, 0.1) is 51.9 Å². The number of nitrogens with one attached hydrogen (secondary N) is 1. The molecule has 4 radical (unpaired) electrons. The summed E-state index contributed by atoms with van der Waals surface area (Å²) in [5.74, 6) is 2.12. The van der Waals surface area contributed by atoms with Crippen LogP contribution in [-0.4, -0.2) is 16.9 Å². The molecule has 4 aliphatic rings. The minimum absolute atomic E-state index is 0. The summed E-state index contributed by atoms with van der Waals surface area (Å²) in [5, 5.41) is 2.76. The van der Waals surface area contributed by atoms with Crippen molar-refractivity contribution >= 4 is 27.6 Å². The Morgan fingerprint density at radius 1 is 0.967 bits per heavy atom. The van der Waals surface area contributed by atoms with E-state index in [4.69, 9.17) is 5.73 Å². The first-order valence-electron chi connectivity index (χ1n) is 9.34. The molecule has 6 rings (SSSR count). The van der Waals surface area contributed by atoms with E-state index in [1.165, 1.54) is 41.2 Å². The van der Waals surface area contributed by atoms with Gasteiger partial charge in [0.2, 0.25) is 0 Å². The number of hydrogen-bond acceptors (Lipinski definition) is 1. The van der Waals surface area contributed by atoms with Crippen LogP contribution in [0.1, 0.15) is 49.7 Å². The number of fused-ring (bicyclic) bond motifs is 1. The molecule has 0 aliphatic heterocycles. The molecular formula is C24H33Cl2NOSiTi-4. The molecule has 4 saturated carbocycles. The Morgan fingerprint density at radius 2 is 1.40 bits per heavy atom. The van der Waals surface area contributed by atoms with Crippen LogP contribution >= 0.6 is 0 Å². The summed E-state index contributed by atoms with van der Waals surface area (Å²) in [7, 11) is 0. The van der Waals surface area contributed by atoms with Gasteiger partial charge >= 0.3 is 21.7 Å². The van der Waals surface area contributed by atoms with Crippen LogP contribution in [0.5, 0.6) is 0 Å². The Balaban J connectivity index is -0.000000409. The van der Waals surface area contributed by atoms with Crippen molar-refractivity contribution in [3.8, 4) is 0 Å². The van der Waals surface area contributed by atoms with E-state index in [0.29, 0.717) is 0 Å². The summed E-state index contributed by atoms with van der Waals surface area (Å²) in [5.41, 5.74) is 10.1. The fourth-order valence-corrected chi connectivity index (χ4v) is 5.91. The molecule has 0 saturated heterocycles. The molecule has 4 aliphatic carbocycles. The maximum absolute atomic E-state index is 11.4. The summed E-state index contributed by atoms with van der Waals surface area (Å²) in [4.78, 5) is 11.4. The normalized spacial score (nSPS) is 26.7. The van der Waals surface area contributed by atoms with E-state index >= 15 is 0 Å². The summed E-state index contributed by atoms with van der Waals surface area (Å²) < 4.78 is 0. The fourth-order valence-electron chi connectivity index (χ4n) is 5.91. The van der Waals surface area contributed by atoms with Gasteiger partial charge in [0.15, 0.2) is 0 Å². The SMILES string of the molecule is Cc1[cH-]c2ccccc2c1C.[CH3-].[CH3-].[Cl-].[Cl-].[NH-]C(=O)C12CC3CC(CC(C3)C1)C2.[Si].[Ti+2]. The third-order valence-electron chi connectivity index (χ3n) is 6.85. The topological polar surface area (TPSA) is 40.9 Å². The average molecular weight is 498 g/mol. The van der Waals surface area contributed by atoms with E-state index < -0.39 is 0 Å². The van der Waals surface area contributed by atoms with Crippen LogP contribution < -0.4 is 24.8 Å². The van der Waals surface area contributed by atoms with Crippen LogP contribution in [0.2, 0.25) is 0 Å². The number of carbonyl (C=O) groups excluding carboxylic acids is 1. The predicted molar refractivity (Wildman–Crippen MR) is 118 cm³/mol. The molecule has 0 spiro atoms. The number of hydrogen-bond donors (Lipinski definition) is 0. The number of carbonyl (C=O) groups is 1. The molecule has 4 bridgehead atoms. The van der Waals surface area contributed by atoms with Gasteiger partial charge in [0.1, 0.15) is 0 Å². The molecular weight excluding hydrogens is 465 g/mol. The molecule has 2 aromatic rings. The van der Waals surface area contributed by atoms with Gasteiger partial charge < -0.3 is 50.2 Å². The molecule has 1 N–H and O–H groups in total. The Morgan fingerprint density at radius 3 is 1.80 bits per heavy atom. The number of amides is 1. The van der Waals surface area contributed by atoms with Crippen LogP contribution in [-0.2, 0) is 26.5 Å². The maximum Gasteiger partial charge on any atom is 2.00 e. The Labute approximate surface area is 215 Å². The minimum Gasteiger partial charge on any atom is -1.00 e. The van der Waals surface area contributed by atoms with Crippen molar-refractivity contribution in [2.45, 2.75) is 52.4 Å². The van der Waals surface area contributed by atoms with Crippen molar-refractivity contribution in [1.82, 2.24) is 0 Å². The quantitative estimate of drug-likeness (QED) is 0.417. The standard InChI is InChI=1S/C11H17NO.C11H11.2CH3.2ClH.Si.Ti/c12-10(13)11-4-7-1-8(5-11)3-9(2-7)6-11;1-8-7-10-5-3-4-6-11(10)9(8)2;;;;;;/h7-9H,1-6H2,(H2,12,13);3-7H,1-2H3;2*1H3;2*1H;;/q;3*-1;;;;+2/p-3.